The zero-order valence-corrected chi connectivity index (χ0v) is 17.9. The lowest BCUT2D eigenvalue weighted by Gasteiger charge is -2.27. The smallest absolute Gasteiger partial charge is 0.429 e. The number of nitro benzene ring substituents is 1. The van der Waals surface area contributed by atoms with Crippen LogP contribution in [0.25, 0.3) is 0 Å². The van der Waals surface area contributed by atoms with Crippen molar-refractivity contribution in [2.24, 2.45) is 0 Å². The number of nitrogens with zero attached hydrogens (tertiary/aromatic N) is 3. The average Bonchev–Trinajstić information content (AvgIpc) is 3.52. The van der Waals surface area contributed by atoms with Crippen molar-refractivity contribution in [3.05, 3.63) is 52.0 Å². The molecule has 2 heterocycles. The molecule has 0 spiro atoms. The van der Waals surface area contributed by atoms with E-state index in [4.69, 9.17) is 18.6 Å². The zero-order chi connectivity index (χ0) is 24.0. The first kappa shape index (κ1) is 23.4. The third-order valence-corrected chi connectivity index (χ3v) is 4.81. The normalized spacial score (nSPS) is 12.9. The van der Waals surface area contributed by atoms with Gasteiger partial charge in [-0.15, -0.1) is 0 Å². The molecule has 1 aromatic carbocycles. The lowest BCUT2D eigenvalue weighted by molar-refractivity contribution is -0.385. The third-order valence-electron chi connectivity index (χ3n) is 4.81. The number of methoxy groups -OCH3 is 2. The van der Waals surface area contributed by atoms with E-state index < -0.39 is 29.4 Å². The van der Waals surface area contributed by atoms with Gasteiger partial charge in [0.15, 0.2) is 17.3 Å². The van der Waals surface area contributed by atoms with Gasteiger partial charge in [0, 0.05) is 13.1 Å². The van der Waals surface area contributed by atoms with Gasteiger partial charge in [-0.3, -0.25) is 19.7 Å². The molecule has 0 atom stereocenters. The second-order valence-corrected chi connectivity index (χ2v) is 6.80. The van der Waals surface area contributed by atoms with Crippen molar-refractivity contribution in [3.8, 4) is 11.5 Å². The van der Waals surface area contributed by atoms with Crippen LogP contribution < -0.4 is 14.8 Å². The summed E-state index contributed by atoms with van der Waals surface area (Å²) in [7, 11) is 2.72. The van der Waals surface area contributed by atoms with E-state index in [1.165, 1.54) is 44.7 Å². The fraction of sp³-hybridized carbons (Fsp3) is 0.350. The van der Waals surface area contributed by atoms with Crippen molar-refractivity contribution in [3.63, 3.8) is 0 Å². The van der Waals surface area contributed by atoms with Crippen LogP contribution in [0.15, 0.2) is 34.9 Å². The van der Waals surface area contributed by atoms with Gasteiger partial charge < -0.3 is 23.9 Å². The summed E-state index contributed by atoms with van der Waals surface area (Å²) < 4.78 is 20.4. The van der Waals surface area contributed by atoms with Crippen molar-refractivity contribution >= 4 is 23.6 Å². The molecule has 1 N–H and O–H groups in total. The molecule has 13 nitrogen and oxygen atoms in total. The molecule has 176 valence electrons. The second-order valence-electron chi connectivity index (χ2n) is 6.80. The number of hydrogen-bond donors (Lipinski definition) is 1. The van der Waals surface area contributed by atoms with Crippen LogP contribution in [-0.4, -0.2) is 66.7 Å². The Balaban J connectivity index is 1.63. The molecule has 3 amide bonds. The number of nitrogens with one attached hydrogen (secondary N) is 1. The van der Waals surface area contributed by atoms with Gasteiger partial charge in [0.2, 0.25) is 0 Å². The molecule has 3 rings (SSSR count). The number of carbonyl (C=O) groups excluding carboxylic acids is 3. The molecule has 0 radical (unpaired) electrons. The van der Waals surface area contributed by atoms with Crippen LogP contribution >= 0.6 is 0 Å². The van der Waals surface area contributed by atoms with Gasteiger partial charge >= 0.3 is 6.09 Å². The molecule has 2 aromatic rings. The van der Waals surface area contributed by atoms with Crippen LogP contribution in [0.5, 0.6) is 11.5 Å². The monoisotopic (exact) mass is 462 g/mol. The Morgan fingerprint density at radius 1 is 1.15 bits per heavy atom. The van der Waals surface area contributed by atoms with Gasteiger partial charge in [0.05, 0.1) is 43.6 Å². The largest absolute Gasteiger partial charge is 0.493 e. The molecule has 1 aromatic heterocycles. The molecule has 0 bridgehead atoms. The predicted molar refractivity (Wildman–Crippen MR) is 110 cm³/mol. The number of amides is 3. The molecule has 1 aliphatic heterocycles. The summed E-state index contributed by atoms with van der Waals surface area (Å²) in [6.45, 7) is -0.320. The average molecular weight is 462 g/mol. The van der Waals surface area contributed by atoms with E-state index in [9.17, 15) is 24.5 Å². The van der Waals surface area contributed by atoms with Gasteiger partial charge in [0.25, 0.3) is 17.5 Å². The molecule has 13 heteroatoms. The molecule has 0 unspecified atom stereocenters. The van der Waals surface area contributed by atoms with E-state index in [0.717, 1.165) is 10.0 Å². The van der Waals surface area contributed by atoms with Crippen molar-refractivity contribution in [1.29, 1.82) is 0 Å². The number of hydrogen-bond acceptors (Lipinski definition) is 9. The Morgan fingerprint density at radius 3 is 2.48 bits per heavy atom. The molecule has 0 aliphatic carbocycles. The fourth-order valence-electron chi connectivity index (χ4n) is 3.21. The maximum absolute atomic E-state index is 12.6. The second kappa shape index (κ2) is 10.3. The third kappa shape index (κ3) is 5.31. The molecular weight excluding hydrogens is 440 g/mol. The molecule has 1 aliphatic rings. The Bertz CT molecular complexity index is 1040. The van der Waals surface area contributed by atoms with E-state index >= 15 is 0 Å². The fourth-order valence-corrected chi connectivity index (χ4v) is 3.21. The predicted octanol–water partition coefficient (Wildman–Crippen LogP) is 1.72. The summed E-state index contributed by atoms with van der Waals surface area (Å²) in [6, 6.07) is 5.51. The highest BCUT2D eigenvalue weighted by atomic mass is 16.6. The maximum atomic E-state index is 12.6. The number of hydrazine groups is 1. The molecule has 0 saturated carbocycles. The number of nitro groups is 1. The summed E-state index contributed by atoms with van der Waals surface area (Å²) in [5.41, 5.74) is -0.218. The number of benzene rings is 1. The van der Waals surface area contributed by atoms with Crippen molar-refractivity contribution in [1.82, 2.24) is 15.3 Å². The Hall–Kier alpha value is -4.29. The molecule has 1 saturated heterocycles. The Kier molecular flexibility index (Phi) is 7.33. The van der Waals surface area contributed by atoms with E-state index in [1.54, 1.807) is 0 Å². The van der Waals surface area contributed by atoms with Crippen LogP contribution in [0.3, 0.4) is 0 Å². The Morgan fingerprint density at radius 2 is 1.85 bits per heavy atom. The van der Waals surface area contributed by atoms with Gasteiger partial charge in [-0.1, -0.05) is 0 Å². The zero-order valence-electron chi connectivity index (χ0n) is 17.9. The first-order valence-corrected chi connectivity index (χ1v) is 9.81. The van der Waals surface area contributed by atoms with Crippen molar-refractivity contribution in [2.75, 3.05) is 33.9 Å². The maximum Gasteiger partial charge on any atom is 0.429 e. The minimum atomic E-state index is -0.859. The first-order valence-electron chi connectivity index (χ1n) is 9.81. The minimum Gasteiger partial charge on any atom is -0.493 e. The van der Waals surface area contributed by atoms with E-state index in [1.807, 2.05) is 0 Å². The highest BCUT2D eigenvalue weighted by Crippen LogP contribution is 2.35. The summed E-state index contributed by atoms with van der Waals surface area (Å²) in [4.78, 5) is 47.8. The standard InChI is InChI=1S/C20H22N4O9/c1-30-16-9-13(14(24(28)29)10-17(16)31-2)12-33-20(27)23-7-4-6-22(23)18(25)11-21-19(26)15-5-3-8-32-15/h3,5,8-10H,4,6-7,11-12H2,1-2H3,(H,21,26). The van der Waals surface area contributed by atoms with Crippen molar-refractivity contribution in [2.45, 2.75) is 13.0 Å². The molecular formula is C20H22N4O9. The van der Waals surface area contributed by atoms with Crippen LogP contribution in [0.1, 0.15) is 22.5 Å². The van der Waals surface area contributed by atoms with E-state index in [2.05, 4.69) is 5.32 Å². The number of furan rings is 1. The van der Waals surface area contributed by atoms with Gasteiger partial charge in [-0.25, -0.2) is 14.8 Å². The summed E-state index contributed by atoms with van der Waals surface area (Å²) in [5, 5.41) is 16.1. The van der Waals surface area contributed by atoms with E-state index in [0.29, 0.717) is 6.42 Å². The number of ether oxygens (including phenoxy) is 3. The van der Waals surface area contributed by atoms with E-state index in [-0.39, 0.29) is 48.1 Å². The lowest BCUT2D eigenvalue weighted by atomic mass is 10.1. The number of rotatable bonds is 8. The topological polar surface area (TPSA) is 154 Å². The lowest BCUT2D eigenvalue weighted by Crippen LogP contribution is -2.48. The van der Waals surface area contributed by atoms with Gasteiger partial charge in [0.1, 0.15) is 6.61 Å². The summed E-state index contributed by atoms with van der Waals surface area (Å²) >= 11 is 0. The molecule has 33 heavy (non-hydrogen) atoms. The molecule has 1 fully saturated rings. The van der Waals surface area contributed by atoms with Crippen molar-refractivity contribution < 1.29 is 37.9 Å². The van der Waals surface area contributed by atoms with Gasteiger partial charge in [-0.05, 0) is 24.6 Å². The quantitative estimate of drug-likeness (QED) is 0.456. The SMILES string of the molecule is COc1cc(COC(=O)N2CCCN2C(=O)CNC(=O)c2ccco2)c([N+](=O)[O-])cc1OC. The highest BCUT2D eigenvalue weighted by Gasteiger charge is 2.32. The minimum absolute atomic E-state index is 0.0528. The van der Waals surface area contributed by atoms with Crippen LogP contribution in [0.4, 0.5) is 10.5 Å². The summed E-state index contributed by atoms with van der Waals surface area (Å²) in [5.74, 6) is -0.646. The van der Waals surface area contributed by atoms with Crippen LogP contribution in [-0.2, 0) is 16.1 Å². The summed E-state index contributed by atoms with van der Waals surface area (Å²) in [6.07, 6.45) is 0.976. The first-order chi connectivity index (χ1) is 15.8. The number of carbonyl (C=O) groups is 3. The van der Waals surface area contributed by atoms with Gasteiger partial charge in [-0.2, -0.15) is 0 Å². The highest BCUT2D eigenvalue weighted by molar-refractivity contribution is 5.94. The van der Waals surface area contributed by atoms with Crippen LogP contribution in [0.2, 0.25) is 0 Å². The van der Waals surface area contributed by atoms with Crippen LogP contribution in [0, 0.1) is 10.1 Å². The Labute approximate surface area is 187 Å².